The molecule has 2 heterocycles. The molecule has 96 valence electrons. The van der Waals surface area contributed by atoms with Crippen LogP contribution in [0.5, 0.6) is 0 Å². The fraction of sp³-hybridized carbons (Fsp3) is 0.692. The summed E-state index contributed by atoms with van der Waals surface area (Å²) in [6.45, 7) is 7.05. The average Bonchev–Trinajstić information content (AvgIpc) is 2.74. The van der Waals surface area contributed by atoms with Gasteiger partial charge in [-0.1, -0.05) is 13.3 Å². The minimum Gasteiger partial charge on any atom is -0.311 e. The fourth-order valence-electron chi connectivity index (χ4n) is 2.39. The van der Waals surface area contributed by atoms with Crippen molar-refractivity contribution in [1.82, 2.24) is 10.2 Å². The molecule has 0 saturated carbocycles. The minimum atomic E-state index is 0.712. The van der Waals surface area contributed by atoms with Crippen LogP contribution in [0.2, 0.25) is 0 Å². The smallest absolute Gasteiger partial charge is 0.0701 e. The molecule has 2 rings (SSSR count). The molecule has 4 heteroatoms. The van der Waals surface area contributed by atoms with E-state index in [1.807, 2.05) is 11.3 Å². The molecule has 1 fully saturated rings. The molecule has 1 aliphatic rings. The Morgan fingerprint density at radius 2 is 2.41 bits per heavy atom. The van der Waals surface area contributed by atoms with E-state index in [0.29, 0.717) is 6.04 Å². The predicted octanol–water partition coefficient (Wildman–Crippen LogP) is 3.13. The molecular weight excluding hydrogens is 296 g/mol. The molecular formula is C13H21BrN2S. The van der Waals surface area contributed by atoms with E-state index in [4.69, 9.17) is 0 Å². The van der Waals surface area contributed by atoms with E-state index >= 15 is 0 Å². The van der Waals surface area contributed by atoms with Crippen LogP contribution in [0.25, 0.3) is 0 Å². The number of hydrogen-bond acceptors (Lipinski definition) is 3. The van der Waals surface area contributed by atoms with Gasteiger partial charge in [-0.2, -0.15) is 0 Å². The first kappa shape index (κ1) is 13.5. The topological polar surface area (TPSA) is 15.3 Å². The van der Waals surface area contributed by atoms with Gasteiger partial charge >= 0.3 is 0 Å². The van der Waals surface area contributed by atoms with Crippen LogP contribution in [0.15, 0.2) is 15.9 Å². The molecule has 2 nitrogen and oxygen atoms in total. The van der Waals surface area contributed by atoms with Crippen LogP contribution in [0.1, 0.15) is 24.6 Å². The van der Waals surface area contributed by atoms with E-state index < -0.39 is 0 Å². The minimum absolute atomic E-state index is 0.712. The van der Waals surface area contributed by atoms with Crippen molar-refractivity contribution in [2.45, 2.75) is 32.2 Å². The number of rotatable bonds is 5. The summed E-state index contributed by atoms with van der Waals surface area (Å²) in [5.41, 5.74) is 0. The maximum absolute atomic E-state index is 3.61. The lowest BCUT2D eigenvalue weighted by atomic mass is 10.1. The highest BCUT2D eigenvalue weighted by Crippen LogP contribution is 2.22. The van der Waals surface area contributed by atoms with Crippen molar-refractivity contribution in [3.05, 3.63) is 20.8 Å². The highest BCUT2D eigenvalue weighted by atomic mass is 79.9. The van der Waals surface area contributed by atoms with Gasteiger partial charge in [0.2, 0.25) is 0 Å². The molecule has 1 unspecified atom stereocenters. The zero-order chi connectivity index (χ0) is 12.1. The molecule has 0 amide bonds. The average molecular weight is 317 g/mol. The van der Waals surface area contributed by atoms with Crippen LogP contribution >= 0.6 is 27.3 Å². The summed E-state index contributed by atoms with van der Waals surface area (Å²) in [7, 11) is 0. The Morgan fingerprint density at radius 1 is 1.53 bits per heavy atom. The molecule has 1 aromatic rings. The Kier molecular flexibility index (Phi) is 5.48. The lowest BCUT2D eigenvalue weighted by molar-refractivity contribution is 0.196. The summed E-state index contributed by atoms with van der Waals surface area (Å²) in [6.07, 6.45) is 3.78. The first-order valence-electron chi connectivity index (χ1n) is 6.48. The van der Waals surface area contributed by atoms with Crippen molar-refractivity contribution in [3.63, 3.8) is 0 Å². The second-order valence-electron chi connectivity index (χ2n) is 4.70. The molecule has 1 N–H and O–H groups in total. The van der Waals surface area contributed by atoms with Gasteiger partial charge in [-0.05, 0) is 40.9 Å². The van der Waals surface area contributed by atoms with Gasteiger partial charge in [0.25, 0.3) is 0 Å². The van der Waals surface area contributed by atoms with Gasteiger partial charge < -0.3 is 10.2 Å². The van der Waals surface area contributed by atoms with Gasteiger partial charge in [0.15, 0.2) is 0 Å². The number of halogens is 1. The highest BCUT2D eigenvalue weighted by molar-refractivity contribution is 9.11. The molecule has 1 atom stereocenters. The van der Waals surface area contributed by atoms with Gasteiger partial charge in [-0.3, -0.25) is 0 Å². The fourth-order valence-corrected chi connectivity index (χ4v) is 3.87. The molecule has 0 bridgehead atoms. The lowest BCUT2D eigenvalue weighted by Gasteiger charge is -2.33. The lowest BCUT2D eigenvalue weighted by Crippen LogP contribution is -2.50. The van der Waals surface area contributed by atoms with Crippen LogP contribution in [0, 0.1) is 0 Å². The Hall–Kier alpha value is 0.1000. The van der Waals surface area contributed by atoms with E-state index in [9.17, 15) is 0 Å². The van der Waals surface area contributed by atoms with Crippen LogP contribution in [0.4, 0.5) is 0 Å². The number of piperazine rings is 1. The van der Waals surface area contributed by atoms with E-state index in [-0.39, 0.29) is 0 Å². The Balaban J connectivity index is 1.75. The van der Waals surface area contributed by atoms with Crippen molar-refractivity contribution in [2.75, 3.05) is 26.2 Å². The summed E-state index contributed by atoms with van der Waals surface area (Å²) < 4.78 is 1.25. The van der Waals surface area contributed by atoms with Gasteiger partial charge in [0.05, 0.1) is 3.79 Å². The molecule has 0 aliphatic carbocycles. The maximum atomic E-state index is 3.61. The van der Waals surface area contributed by atoms with Crippen molar-refractivity contribution in [2.24, 2.45) is 0 Å². The van der Waals surface area contributed by atoms with E-state index in [2.05, 4.69) is 45.2 Å². The van der Waals surface area contributed by atoms with Crippen LogP contribution in [-0.4, -0.2) is 37.1 Å². The van der Waals surface area contributed by atoms with Crippen molar-refractivity contribution in [1.29, 1.82) is 0 Å². The number of hydrogen-bond donors (Lipinski definition) is 1. The maximum Gasteiger partial charge on any atom is 0.0701 e. The summed E-state index contributed by atoms with van der Waals surface area (Å²) in [4.78, 5) is 4.09. The van der Waals surface area contributed by atoms with Crippen LogP contribution in [0.3, 0.4) is 0 Å². The van der Waals surface area contributed by atoms with Crippen molar-refractivity contribution < 1.29 is 0 Å². The summed E-state index contributed by atoms with van der Waals surface area (Å²) >= 11 is 5.38. The normalized spacial score (nSPS) is 21.9. The summed E-state index contributed by atoms with van der Waals surface area (Å²) in [5, 5.41) is 3.61. The molecule has 1 aromatic heterocycles. The molecule has 0 spiro atoms. The van der Waals surface area contributed by atoms with Gasteiger partial charge in [-0.15, -0.1) is 11.3 Å². The second-order valence-corrected chi connectivity index (χ2v) is 7.24. The third kappa shape index (κ3) is 4.36. The first-order valence-corrected chi connectivity index (χ1v) is 8.09. The van der Waals surface area contributed by atoms with Gasteiger partial charge in [-0.25, -0.2) is 0 Å². The van der Waals surface area contributed by atoms with E-state index in [0.717, 1.165) is 6.54 Å². The SMILES string of the molecule is CCCC1CN(CCc2ccc(Br)s2)CCN1. The van der Waals surface area contributed by atoms with Gasteiger partial charge in [0, 0.05) is 37.1 Å². The third-order valence-corrected chi connectivity index (χ3v) is 4.96. The standard InChI is InChI=1S/C13H21BrN2S/c1-2-3-11-10-16(9-7-15-11)8-6-12-4-5-13(14)17-12/h4-5,11,15H,2-3,6-10H2,1H3. The number of nitrogens with zero attached hydrogens (tertiary/aromatic N) is 1. The van der Waals surface area contributed by atoms with E-state index in [1.54, 1.807) is 0 Å². The Bertz CT molecular complexity index is 338. The first-order chi connectivity index (χ1) is 8.28. The largest absolute Gasteiger partial charge is 0.311 e. The number of nitrogens with one attached hydrogen (secondary N) is 1. The zero-order valence-electron chi connectivity index (χ0n) is 10.4. The number of thiophene rings is 1. The quantitative estimate of drug-likeness (QED) is 0.897. The third-order valence-electron chi connectivity index (χ3n) is 3.28. The predicted molar refractivity (Wildman–Crippen MR) is 78.9 cm³/mol. The second kappa shape index (κ2) is 6.88. The Labute approximate surface area is 117 Å². The van der Waals surface area contributed by atoms with Crippen LogP contribution in [-0.2, 0) is 6.42 Å². The summed E-state index contributed by atoms with van der Waals surface area (Å²) in [6, 6.07) is 5.10. The molecule has 17 heavy (non-hydrogen) atoms. The summed E-state index contributed by atoms with van der Waals surface area (Å²) in [5.74, 6) is 0. The molecule has 1 aliphatic heterocycles. The van der Waals surface area contributed by atoms with Crippen LogP contribution < -0.4 is 5.32 Å². The molecule has 0 aromatic carbocycles. The highest BCUT2D eigenvalue weighted by Gasteiger charge is 2.17. The monoisotopic (exact) mass is 316 g/mol. The van der Waals surface area contributed by atoms with E-state index in [1.165, 1.54) is 47.6 Å². The Morgan fingerprint density at radius 3 is 3.12 bits per heavy atom. The molecule has 0 radical (unpaired) electrons. The zero-order valence-corrected chi connectivity index (χ0v) is 12.8. The van der Waals surface area contributed by atoms with Crippen molar-refractivity contribution >= 4 is 27.3 Å². The van der Waals surface area contributed by atoms with Crippen molar-refractivity contribution in [3.8, 4) is 0 Å². The molecule has 1 saturated heterocycles. The van der Waals surface area contributed by atoms with Gasteiger partial charge in [0.1, 0.15) is 0 Å².